The fraction of sp³-hybridized carbons (Fsp3) is 0.571. The number of hydrogen-bond acceptors (Lipinski definition) is 4. The van der Waals surface area contributed by atoms with Gasteiger partial charge in [0.1, 0.15) is 11.5 Å². The van der Waals surface area contributed by atoms with E-state index in [1.165, 1.54) is 0 Å². The number of hydrogen-bond donors (Lipinski definition) is 2. The third-order valence-electron chi connectivity index (χ3n) is 2.68. The molecule has 4 nitrogen and oxygen atoms in total. The van der Waals surface area contributed by atoms with Gasteiger partial charge in [-0.3, -0.25) is 4.79 Å². The summed E-state index contributed by atoms with van der Waals surface area (Å²) in [6, 6.07) is 3.49. The first-order valence-electron chi connectivity index (χ1n) is 6.86. The Morgan fingerprint density at radius 3 is 2.85 bits per heavy atom. The van der Waals surface area contributed by atoms with E-state index in [1.54, 1.807) is 12.1 Å². The molecular weight excluding hydrogens is 294 g/mol. The van der Waals surface area contributed by atoms with Crippen LogP contribution in [0.3, 0.4) is 0 Å². The molecule has 1 rings (SSSR count). The minimum absolute atomic E-state index is 0.209. The average Bonchev–Trinajstić information content (AvgIpc) is 2.46. The van der Waals surface area contributed by atoms with Gasteiger partial charge in [-0.15, -0.1) is 0 Å². The van der Waals surface area contributed by atoms with E-state index in [2.05, 4.69) is 28.8 Å². The summed E-state index contributed by atoms with van der Waals surface area (Å²) >= 11 is 7.85. The Bertz CT molecular complexity index is 429. The lowest BCUT2D eigenvalue weighted by molar-refractivity contribution is 0.0948. The molecule has 2 N–H and O–H groups in total. The van der Waals surface area contributed by atoms with Crippen molar-refractivity contribution in [3.05, 3.63) is 22.8 Å². The van der Waals surface area contributed by atoms with Crippen LogP contribution in [0.25, 0.3) is 0 Å². The Morgan fingerprint density at radius 2 is 2.15 bits per heavy atom. The van der Waals surface area contributed by atoms with Gasteiger partial charge in [0.15, 0.2) is 0 Å². The molecule has 0 aliphatic carbocycles. The highest BCUT2D eigenvalue weighted by atomic mass is 35.5. The van der Waals surface area contributed by atoms with Crippen LogP contribution in [-0.2, 0) is 0 Å². The van der Waals surface area contributed by atoms with Crippen LogP contribution in [-0.4, -0.2) is 36.0 Å². The summed E-state index contributed by atoms with van der Waals surface area (Å²) < 4.78 is 0. The van der Waals surface area contributed by atoms with Crippen molar-refractivity contribution in [3.63, 3.8) is 0 Å². The Morgan fingerprint density at radius 1 is 1.35 bits per heavy atom. The average molecular weight is 316 g/mol. The van der Waals surface area contributed by atoms with E-state index >= 15 is 0 Å². The predicted molar refractivity (Wildman–Crippen MR) is 88.0 cm³/mol. The first kappa shape index (κ1) is 17.1. The van der Waals surface area contributed by atoms with Gasteiger partial charge >= 0.3 is 0 Å². The third kappa shape index (κ3) is 6.01. The minimum Gasteiger partial charge on any atom is -0.370 e. The number of pyridine rings is 1. The van der Waals surface area contributed by atoms with Gasteiger partial charge in [-0.25, -0.2) is 4.98 Å². The van der Waals surface area contributed by atoms with Crippen LogP contribution in [0, 0.1) is 0 Å². The number of aromatic nitrogens is 1. The lowest BCUT2D eigenvalue weighted by Gasteiger charge is -2.09. The number of carbonyl (C=O) groups is 1. The van der Waals surface area contributed by atoms with E-state index in [0.717, 1.165) is 31.6 Å². The number of anilines is 1. The molecule has 112 valence electrons. The third-order valence-corrected chi connectivity index (χ3v) is 3.68. The van der Waals surface area contributed by atoms with Crippen LogP contribution in [0.15, 0.2) is 12.1 Å². The molecule has 1 amide bonds. The number of halogens is 1. The van der Waals surface area contributed by atoms with Crippen molar-refractivity contribution in [2.24, 2.45) is 0 Å². The number of thioether (sulfide) groups is 1. The monoisotopic (exact) mass is 315 g/mol. The zero-order valence-corrected chi connectivity index (χ0v) is 13.6. The Balaban J connectivity index is 2.53. The van der Waals surface area contributed by atoms with Crippen molar-refractivity contribution < 1.29 is 4.79 Å². The topological polar surface area (TPSA) is 54.0 Å². The van der Waals surface area contributed by atoms with Crippen molar-refractivity contribution in [1.82, 2.24) is 10.3 Å². The highest BCUT2D eigenvalue weighted by Gasteiger charge is 2.12. The summed E-state index contributed by atoms with van der Waals surface area (Å²) in [5.74, 6) is 1.59. The molecule has 1 aromatic rings. The van der Waals surface area contributed by atoms with Gasteiger partial charge in [-0.1, -0.05) is 18.5 Å². The van der Waals surface area contributed by atoms with Gasteiger partial charge in [-0.05, 0) is 43.4 Å². The predicted octanol–water partition coefficient (Wildman–Crippen LogP) is 3.43. The summed E-state index contributed by atoms with van der Waals surface area (Å²) in [7, 11) is 0. The Labute approximate surface area is 130 Å². The molecule has 6 heteroatoms. The summed E-state index contributed by atoms with van der Waals surface area (Å²) in [6.07, 6.45) is 5.15. The summed E-state index contributed by atoms with van der Waals surface area (Å²) in [5.41, 5.74) is 0.289. The molecule has 0 bridgehead atoms. The van der Waals surface area contributed by atoms with E-state index < -0.39 is 0 Å². The number of nitrogens with one attached hydrogen (secondary N) is 2. The van der Waals surface area contributed by atoms with Crippen molar-refractivity contribution in [2.45, 2.75) is 26.2 Å². The maximum atomic E-state index is 12.0. The lowest BCUT2D eigenvalue weighted by atomic mass is 10.3. The summed E-state index contributed by atoms with van der Waals surface area (Å²) in [5, 5.41) is 6.39. The Kier molecular flexibility index (Phi) is 8.46. The second kappa shape index (κ2) is 9.88. The molecule has 1 aromatic heterocycles. The van der Waals surface area contributed by atoms with Crippen LogP contribution < -0.4 is 10.6 Å². The first-order valence-corrected chi connectivity index (χ1v) is 8.63. The SMILES string of the molecule is CCCNc1ccc(Cl)c(C(=O)NCCCCSC)n1. The minimum atomic E-state index is -0.209. The quantitative estimate of drug-likeness (QED) is 0.686. The highest BCUT2D eigenvalue weighted by Crippen LogP contribution is 2.16. The fourth-order valence-corrected chi connectivity index (χ4v) is 2.29. The second-order valence-electron chi connectivity index (χ2n) is 4.41. The summed E-state index contributed by atoms with van der Waals surface area (Å²) in [6.45, 7) is 3.56. The fourth-order valence-electron chi connectivity index (χ4n) is 1.61. The zero-order valence-electron chi connectivity index (χ0n) is 12.0. The molecule has 1 heterocycles. The van der Waals surface area contributed by atoms with E-state index in [1.807, 2.05) is 11.8 Å². The number of unbranched alkanes of at least 4 members (excludes halogenated alkanes) is 1. The molecule has 0 spiro atoms. The van der Waals surface area contributed by atoms with Crippen LogP contribution in [0.2, 0.25) is 5.02 Å². The van der Waals surface area contributed by atoms with E-state index in [-0.39, 0.29) is 11.6 Å². The van der Waals surface area contributed by atoms with Gasteiger partial charge in [0.2, 0.25) is 0 Å². The maximum Gasteiger partial charge on any atom is 0.271 e. The standard InChI is InChI=1S/C14H22ClN3OS/c1-3-8-16-12-7-6-11(15)13(18-12)14(19)17-9-4-5-10-20-2/h6-7H,3-5,8-10H2,1-2H3,(H,16,18)(H,17,19). The zero-order chi connectivity index (χ0) is 14.8. The largest absolute Gasteiger partial charge is 0.370 e. The van der Waals surface area contributed by atoms with Crippen molar-refractivity contribution in [3.8, 4) is 0 Å². The molecule has 0 aliphatic rings. The molecule has 20 heavy (non-hydrogen) atoms. The van der Waals surface area contributed by atoms with Crippen molar-refractivity contribution in [1.29, 1.82) is 0 Å². The van der Waals surface area contributed by atoms with Gasteiger partial charge in [0.25, 0.3) is 5.91 Å². The molecule has 0 unspecified atom stereocenters. The lowest BCUT2D eigenvalue weighted by Crippen LogP contribution is -2.26. The number of carbonyl (C=O) groups excluding carboxylic acids is 1. The normalized spacial score (nSPS) is 10.3. The van der Waals surface area contributed by atoms with Crippen LogP contribution in [0.5, 0.6) is 0 Å². The molecule has 0 saturated heterocycles. The smallest absolute Gasteiger partial charge is 0.271 e. The molecular formula is C14H22ClN3OS. The number of amides is 1. The second-order valence-corrected chi connectivity index (χ2v) is 5.80. The summed E-state index contributed by atoms with van der Waals surface area (Å²) in [4.78, 5) is 16.3. The first-order chi connectivity index (χ1) is 9.69. The number of rotatable bonds is 9. The molecule has 0 fully saturated rings. The van der Waals surface area contributed by atoms with E-state index in [4.69, 9.17) is 11.6 Å². The molecule has 0 aliphatic heterocycles. The maximum absolute atomic E-state index is 12.0. The van der Waals surface area contributed by atoms with Crippen molar-refractivity contribution in [2.75, 3.05) is 30.4 Å². The van der Waals surface area contributed by atoms with Crippen LogP contribution in [0.4, 0.5) is 5.82 Å². The van der Waals surface area contributed by atoms with Crippen molar-refractivity contribution >= 4 is 35.1 Å². The molecule has 0 saturated carbocycles. The van der Waals surface area contributed by atoms with Gasteiger partial charge in [0.05, 0.1) is 5.02 Å². The Hall–Kier alpha value is -0.940. The molecule has 0 radical (unpaired) electrons. The van der Waals surface area contributed by atoms with Gasteiger partial charge < -0.3 is 10.6 Å². The van der Waals surface area contributed by atoms with E-state index in [9.17, 15) is 4.79 Å². The number of nitrogens with zero attached hydrogens (tertiary/aromatic N) is 1. The van der Waals surface area contributed by atoms with Gasteiger partial charge in [0, 0.05) is 13.1 Å². The van der Waals surface area contributed by atoms with Gasteiger partial charge in [-0.2, -0.15) is 11.8 Å². The highest BCUT2D eigenvalue weighted by molar-refractivity contribution is 7.98. The van der Waals surface area contributed by atoms with Crippen LogP contribution >= 0.6 is 23.4 Å². The van der Waals surface area contributed by atoms with Crippen LogP contribution in [0.1, 0.15) is 36.7 Å². The molecule has 0 atom stereocenters. The van der Waals surface area contributed by atoms with E-state index in [0.29, 0.717) is 17.4 Å². The molecule has 0 aromatic carbocycles.